The van der Waals surface area contributed by atoms with E-state index in [-0.39, 0.29) is 32.6 Å². The highest BCUT2D eigenvalue weighted by atomic mass is 32.1. The number of thiazole rings is 1. The van der Waals surface area contributed by atoms with Gasteiger partial charge in [0, 0.05) is 5.56 Å². The molecule has 0 amide bonds. The van der Waals surface area contributed by atoms with E-state index >= 15 is 0 Å². The second-order valence-electron chi connectivity index (χ2n) is 9.23. The van der Waals surface area contributed by atoms with Gasteiger partial charge in [-0.2, -0.15) is 22.5 Å². The van der Waals surface area contributed by atoms with E-state index in [4.69, 9.17) is 4.74 Å². The van der Waals surface area contributed by atoms with E-state index in [1.54, 1.807) is 12.1 Å². The normalized spacial score (nSPS) is 12.4. The lowest BCUT2D eigenvalue weighted by Gasteiger charge is -2.22. The predicted molar refractivity (Wildman–Crippen MR) is 132 cm³/mol. The monoisotopic (exact) mass is 570 g/mol. The molecule has 0 spiro atoms. The summed E-state index contributed by atoms with van der Waals surface area (Å²) < 4.78 is 103. The average Bonchev–Trinajstić information content (AvgIpc) is 3.24. The third-order valence-corrected chi connectivity index (χ3v) is 6.24. The Morgan fingerprint density at radius 2 is 1.49 bits per heavy atom. The van der Waals surface area contributed by atoms with E-state index in [9.17, 15) is 30.7 Å². The highest BCUT2D eigenvalue weighted by Gasteiger charge is 2.38. The van der Waals surface area contributed by atoms with Crippen molar-refractivity contribution in [3.63, 3.8) is 0 Å². The van der Waals surface area contributed by atoms with Crippen LogP contribution in [0, 0.1) is 5.95 Å². The molecule has 206 valence electrons. The van der Waals surface area contributed by atoms with Crippen LogP contribution < -0.4 is 14.8 Å². The van der Waals surface area contributed by atoms with Crippen LogP contribution in [0.3, 0.4) is 0 Å². The van der Waals surface area contributed by atoms with E-state index in [0.717, 1.165) is 35.9 Å². The lowest BCUT2D eigenvalue weighted by Crippen LogP contribution is -2.16. The summed E-state index contributed by atoms with van der Waals surface area (Å²) >= 11 is 0.598. The topological polar surface area (TPSA) is 56.3 Å². The maximum atomic E-state index is 14.0. The molecule has 2 aromatic carbocycles. The number of benzene rings is 2. The molecule has 4 aromatic rings. The molecule has 39 heavy (non-hydrogen) atoms. The van der Waals surface area contributed by atoms with E-state index < -0.39 is 29.9 Å². The van der Waals surface area contributed by atoms with Crippen LogP contribution in [0.1, 0.15) is 32.0 Å². The first-order chi connectivity index (χ1) is 18.1. The van der Waals surface area contributed by atoms with Gasteiger partial charge in [0.15, 0.2) is 10.8 Å². The number of ether oxygens (including phenoxy) is 2. The number of alkyl halides is 6. The van der Waals surface area contributed by atoms with E-state index in [1.165, 1.54) is 6.07 Å². The van der Waals surface area contributed by atoms with Crippen molar-refractivity contribution in [2.75, 3.05) is 5.32 Å². The summed E-state index contributed by atoms with van der Waals surface area (Å²) in [6, 6.07) is 13.2. The molecule has 1 N–H and O–H groups in total. The first-order valence-electron chi connectivity index (χ1n) is 11.3. The van der Waals surface area contributed by atoms with E-state index in [0.29, 0.717) is 17.1 Å². The molecule has 0 saturated carbocycles. The number of para-hydroxylation sites is 1. The molecule has 0 aliphatic rings. The lowest BCUT2D eigenvalue weighted by atomic mass is 9.86. The minimum Gasteiger partial charge on any atom is -0.437 e. The molecule has 2 aromatic heterocycles. The van der Waals surface area contributed by atoms with Crippen molar-refractivity contribution in [2.45, 2.75) is 38.7 Å². The van der Waals surface area contributed by atoms with Gasteiger partial charge in [-0.3, -0.25) is 0 Å². The zero-order valence-electron chi connectivity index (χ0n) is 20.5. The third kappa shape index (κ3) is 6.96. The van der Waals surface area contributed by atoms with Crippen molar-refractivity contribution in [1.29, 1.82) is 0 Å². The van der Waals surface area contributed by atoms with Crippen LogP contribution in [-0.2, 0) is 11.6 Å². The van der Waals surface area contributed by atoms with Crippen LogP contribution in [0.4, 0.5) is 41.6 Å². The molecular formula is C26H20F7N3O2S. The summed E-state index contributed by atoms with van der Waals surface area (Å²) in [4.78, 5) is 7.07. The van der Waals surface area contributed by atoms with Gasteiger partial charge in [-0.25, -0.2) is 4.98 Å². The maximum absolute atomic E-state index is 14.0. The quantitative estimate of drug-likeness (QED) is 0.185. The fraction of sp³-hybridized carbons (Fsp3) is 0.231. The highest BCUT2D eigenvalue weighted by molar-refractivity contribution is 7.19. The van der Waals surface area contributed by atoms with Crippen LogP contribution in [0.25, 0.3) is 10.4 Å². The number of hydrogen-bond acceptors (Lipinski definition) is 6. The number of nitrogens with zero attached hydrogens (tertiary/aromatic N) is 2. The van der Waals surface area contributed by atoms with Gasteiger partial charge in [0.2, 0.25) is 11.8 Å². The van der Waals surface area contributed by atoms with E-state index in [2.05, 4.69) is 20.0 Å². The zero-order chi connectivity index (χ0) is 28.6. The van der Waals surface area contributed by atoms with Crippen LogP contribution in [0.2, 0.25) is 0 Å². The average molecular weight is 571 g/mol. The van der Waals surface area contributed by atoms with Crippen molar-refractivity contribution in [1.82, 2.24) is 9.97 Å². The standard InChI is InChI=1S/C26H20F7N3O2S/c1-24(2,3)16-6-4-5-7-18(16)37-22-17(12-13-19(27)35-22)34-23-36-21(25(28,29)30)20(39-23)14-8-10-15(11-9-14)38-26(31,32)33/h4-13H,1-3H3,(H,34,36)/i27-1. The van der Waals surface area contributed by atoms with Crippen molar-refractivity contribution >= 4 is 22.2 Å². The molecule has 0 unspecified atom stereocenters. The summed E-state index contributed by atoms with van der Waals surface area (Å²) in [6.07, 6.45) is -9.82. The molecule has 4 rings (SSSR count). The van der Waals surface area contributed by atoms with Crippen LogP contribution in [-0.4, -0.2) is 16.3 Å². The SMILES string of the molecule is CC(C)(C)c1ccccc1Oc1nc([18F])ccc1Nc1nc(C(F)(F)F)c(-c2ccc(OC(F)(F)F)cc2)s1. The van der Waals surface area contributed by atoms with Gasteiger partial charge >= 0.3 is 12.5 Å². The van der Waals surface area contributed by atoms with Gasteiger partial charge in [0.1, 0.15) is 17.2 Å². The summed E-state index contributed by atoms with van der Waals surface area (Å²) in [5, 5.41) is 2.48. The highest BCUT2D eigenvalue weighted by Crippen LogP contribution is 2.44. The number of hydrogen-bond donors (Lipinski definition) is 1. The first-order valence-corrected chi connectivity index (χ1v) is 12.1. The third-order valence-electron chi connectivity index (χ3n) is 5.22. The molecule has 13 heteroatoms. The summed E-state index contributed by atoms with van der Waals surface area (Å²) in [5.74, 6) is -1.31. The Kier molecular flexibility index (Phi) is 7.48. The summed E-state index contributed by atoms with van der Waals surface area (Å²) in [5.41, 5.74) is -0.798. The Bertz CT molecular complexity index is 1460. The number of aromatic nitrogens is 2. The minimum atomic E-state index is -4.95. The minimum absolute atomic E-state index is 0.0322. The Balaban J connectivity index is 1.69. The van der Waals surface area contributed by atoms with E-state index in [1.807, 2.05) is 32.9 Å². The van der Waals surface area contributed by atoms with Crippen LogP contribution in [0.15, 0.2) is 60.7 Å². The van der Waals surface area contributed by atoms with Crippen molar-refractivity contribution in [2.24, 2.45) is 0 Å². The fourth-order valence-electron chi connectivity index (χ4n) is 3.55. The predicted octanol–water partition coefficient (Wildman–Crippen LogP) is 9.09. The van der Waals surface area contributed by atoms with Gasteiger partial charge in [0.05, 0.1) is 4.88 Å². The number of nitrogens with one attached hydrogen (secondary N) is 1. The van der Waals surface area contributed by atoms with Gasteiger partial charge in [-0.1, -0.05) is 50.3 Å². The van der Waals surface area contributed by atoms with Gasteiger partial charge < -0.3 is 14.8 Å². The smallest absolute Gasteiger partial charge is 0.437 e. The molecule has 0 radical (unpaired) electrons. The lowest BCUT2D eigenvalue weighted by molar-refractivity contribution is -0.274. The van der Waals surface area contributed by atoms with Crippen molar-refractivity contribution < 1.29 is 40.2 Å². The molecule has 5 nitrogen and oxygen atoms in total. The first kappa shape index (κ1) is 28.1. The molecule has 0 atom stereocenters. The van der Waals surface area contributed by atoms with Crippen LogP contribution >= 0.6 is 11.3 Å². The molecule has 0 aliphatic heterocycles. The Morgan fingerprint density at radius 1 is 0.821 bits per heavy atom. The number of rotatable bonds is 6. The number of halogens is 7. The van der Waals surface area contributed by atoms with Gasteiger partial charge in [-0.15, -0.1) is 13.2 Å². The number of pyridine rings is 1. The van der Waals surface area contributed by atoms with Gasteiger partial charge in [-0.05, 0) is 53.4 Å². The Labute approximate surface area is 222 Å². The molecule has 0 saturated heterocycles. The van der Waals surface area contributed by atoms with Crippen molar-refractivity contribution in [3.05, 3.63) is 77.9 Å². The second kappa shape index (κ2) is 10.4. The Hall–Kier alpha value is -3.87. The fourth-order valence-corrected chi connectivity index (χ4v) is 4.56. The second-order valence-corrected chi connectivity index (χ2v) is 10.2. The van der Waals surface area contributed by atoms with Crippen LogP contribution in [0.5, 0.6) is 17.4 Å². The molecule has 2 heterocycles. The van der Waals surface area contributed by atoms with Gasteiger partial charge in [0.25, 0.3) is 0 Å². The largest absolute Gasteiger partial charge is 0.573 e. The summed E-state index contributed by atoms with van der Waals surface area (Å²) in [6.45, 7) is 5.85. The maximum Gasteiger partial charge on any atom is 0.573 e. The molecule has 0 fully saturated rings. The number of anilines is 2. The molecule has 0 aliphatic carbocycles. The molecule has 0 bridgehead atoms. The van der Waals surface area contributed by atoms with Crippen molar-refractivity contribution in [3.8, 4) is 27.8 Å². The summed E-state index contributed by atoms with van der Waals surface area (Å²) in [7, 11) is 0. The zero-order valence-corrected chi connectivity index (χ0v) is 21.4. The molecular weight excluding hydrogens is 550 g/mol. The Morgan fingerprint density at radius 3 is 2.10 bits per heavy atom.